The highest BCUT2D eigenvalue weighted by molar-refractivity contribution is 5.52. The molecular formula is C19H19N5O2. The van der Waals surface area contributed by atoms with Crippen LogP contribution in [0, 0.1) is 0 Å². The van der Waals surface area contributed by atoms with E-state index in [9.17, 15) is 4.79 Å². The van der Waals surface area contributed by atoms with E-state index in [0.717, 1.165) is 35.7 Å². The van der Waals surface area contributed by atoms with Crippen LogP contribution in [0.2, 0.25) is 0 Å². The number of aromatic amines is 1. The van der Waals surface area contributed by atoms with Crippen LogP contribution >= 0.6 is 0 Å². The number of H-pyrrole nitrogens is 1. The molecule has 0 amide bonds. The number of methoxy groups -OCH3 is 1. The van der Waals surface area contributed by atoms with E-state index >= 15 is 0 Å². The van der Waals surface area contributed by atoms with E-state index in [2.05, 4.69) is 30.9 Å². The quantitative estimate of drug-likeness (QED) is 0.773. The number of para-hydroxylation sites is 1. The summed E-state index contributed by atoms with van der Waals surface area (Å²) in [6, 6.07) is 7.99. The maximum Gasteiger partial charge on any atom is 0.254 e. The van der Waals surface area contributed by atoms with E-state index in [1.165, 1.54) is 6.33 Å². The predicted molar refractivity (Wildman–Crippen MR) is 96.7 cm³/mol. The first-order valence-electron chi connectivity index (χ1n) is 8.46. The van der Waals surface area contributed by atoms with E-state index in [0.29, 0.717) is 24.4 Å². The summed E-state index contributed by atoms with van der Waals surface area (Å²) in [7, 11) is 1.68. The van der Waals surface area contributed by atoms with Gasteiger partial charge in [-0.2, -0.15) is 0 Å². The van der Waals surface area contributed by atoms with Crippen molar-refractivity contribution in [3.63, 3.8) is 0 Å². The van der Waals surface area contributed by atoms with Crippen molar-refractivity contribution in [2.75, 3.05) is 13.7 Å². The van der Waals surface area contributed by atoms with Gasteiger partial charge in [-0.15, -0.1) is 0 Å². The second kappa shape index (κ2) is 7.05. The number of rotatable bonds is 4. The Labute approximate surface area is 150 Å². The molecule has 3 aromatic rings. The molecule has 0 fully saturated rings. The van der Waals surface area contributed by atoms with Gasteiger partial charge in [0.05, 0.1) is 18.4 Å². The molecule has 1 aliphatic rings. The van der Waals surface area contributed by atoms with Crippen molar-refractivity contribution in [1.29, 1.82) is 0 Å². The minimum absolute atomic E-state index is 0.0780. The lowest BCUT2D eigenvalue weighted by molar-refractivity contribution is 0.237. The molecule has 132 valence electrons. The van der Waals surface area contributed by atoms with Gasteiger partial charge in [0.2, 0.25) is 0 Å². The molecular weight excluding hydrogens is 330 g/mol. The number of nitrogens with zero attached hydrogens (tertiary/aromatic N) is 4. The fourth-order valence-electron chi connectivity index (χ4n) is 3.26. The zero-order valence-electron chi connectivity index (χ0n) is 14.5. The van der Waals surface area contributed by atoms with Crippen molar-refractivity contribution < 1.29 is 4.74 Å². The normalized spacial score (nSPS) is 14.0. The monoisotopic (exact) mass is 349 g/mol. The number of hydrogen-bond donors (Lipinski definition) is 1. The molecule has 7 nitrogen and oxygen atoms in total. The minimum Gasteiger partial charge on any atom is -0.496 e. The zero-order chi connectivity index (χ0) is 17.9. The number of nitrogens with one attached hydrogen (secondary N) is 1. The molecule has 0 spiro atoms. The van der Waals surface area contributed by atoms with Crippen LogP contribution in [0.3, 0.4) is 0 Å². The molecule has 3 heterocycles. The van der Waals surface area contributed by atoms with Gasteiger partial charge in [0, 0.05) is 43.2 Å². The van der Waals surface area contributed by atoms with Crippen LogP contribution in [0.25, 0.3) is 11.4 Å². The summed E-state index contributed by atoms with van der Waals surface area (Å²) in [5.74, 6) is 1.38. The molecule has 0 saturated carbocycles. The van der Waals surface area contributed by atoms with Gasteiger partial charge in [0.15, 0.2) is 0 Å². The molecule has 0 radical (unpaired) electrons. The van der Waals surface area contributed by atoms with E-state index in [4.69, 9.17) is 4.74 Å². The molecule has 26 heavy (non-hydrogen) atoms. The average molecular weight is 349 g/mol. The third-order valence-electron chi connectivity index (χ3n) is 4.57. The summed E-state index contributed by atoms with van der Waals surface area (Å²) in [4.78, 5) is 30.2. The SMILES string of the molecule is COc1ccccc1CN1CCc2c(nc(-c3cncnc3)[nH]c2=O)C1. The maximum atomic E-state index is 12.4. The van der Waals surface area contributed by atoms with Gasteiger partial charge in [0.1, 0.15) is 17.9 Å². The molecule has 4 rings (SSSR count). The molecule has 0 unspecified atom stereocenters. The molecule has 1 aliphatic heterocycles. The molecule has 0 bridgehead atoms. The molecule has 7 heteroatoms. The zero-order valence-corrected chi connectivity index (χ0v) is 14.5. The molecule has 0 atom stereocenters. The van der Waals surface area contributed by atoms with Crippen LogP contribution in [0.5, 0.6) is 5.75 Å². The second-order valence-corrected chi connectivity index (χ2v) is 6.24. The number of ether oxygens (including phenoxy) is 1. The van der Waals surface area contributed by atoms with Crippen LogP contribution < -0.4 is 10.3 Å². The van der Waals surface area contributed by atoms with Crippen LogP contribution in [-0.2, 0) is 19.5 Å². The standard InChI is InChI=1S/C19H19N5O2/c1-26-17-5-3-2-4-13(17)10-24-7-6-15-16(11-24)22-18(23-19(15)25)14-8-20-12-21-9-14/h2-5,8-9,12H,6-7,10-11H2,1H3,(H,22,23,25). The number of aromatic nitrogens is 4. The Hall–Kier alpha value is -3.06. The Morgan fingerprint density at radius 3 is 2.85 bits per heavy atom. The third kappa shape index (κ3) is 3.21. The first kappa shape index (κ1) is 16.4. The number of hydrogen-bond acceptors (Lipinski definition) is 6. The fraction of sp³-hybridized carbons (Fsp3) is 0.263. The molecule has 0 saturated heterocycles. The Kier molecular flexibility index (Phi) is 4.45. The van der Waals surface area contributed by atoms with Crippen molar-refractivity contribution in [3.8, 4) is 17.1 Å². The van der Waals surface area contributed by atoms with Crippen molar-refractivity contribution in [2.45, 2.75) is 19.5 Å². The van der Waals surface area contributed by atoms with Gasteiger partial charge in [-0.25, -0.2) is 15.0 Å². The molecule has 2 aromatic heterocycles. The molecule has 0 aliphatic carbocycles. The van der Waals surface area contributed by atoms with Crippen LogP contribution in [0.4, 0.5) is 0 Å². The van der Waals surface area contributed by atoms with Crippen molar-refractivity contribution in [2.24, 2.45) is 0 Å². The Bertz CT molecular complexity index is 971. The Morgan fingerprint density at radius 1 is 1.23 bits per heavy atom. The lowest BCUT2D eigenvalue weighted by Gasteiger charge is -2.28. The second-order valence-electron chi connectivity index (χ2n) is 6.24. The van der Waals surface area contributed by atoms with Gasteiger partial charge >= 0.3 is 0 Å². The van der Waals surface area contributed by atoms with Gasteiger partial charge in [-0.1, -0.05) is 18.2 Å². The molecule has 1 aromatic carbocycles. The van der Waals surface area contributed by atoms with E-state index < -0.39 is 0 Å². The maximum absolute atomic E-state index is 12.4. The fourth-order valence-corrected chi connectivity index (χ4v) is 3.26. The summed E-state index contributed by atoms with van der Waals surface area (Å²) in [5, 5.41) is 0. The molecule has 1 N–H and O–H groups in total. The summed E-state index contributed by atoms with van der Waals surface area (Å²) in [6.07, 6.45) is 5.42. The first-order chi connectivity index (χ1) is 12.7. The highest BCUT2D eigenvalue weighted by Gasteiger charge is 2.22. The van der Waals surface area contributed by atoms with Crippen molar-refractivity contribution in [3.05, 3.63) is 70.2 Å². The van der Waals surface area contributed by atoms with Crippen LogP contribution in [0.1, 0.15) is 16.8 Å². The lowest BCUT2D eigenvalue weighted by Crippen LogP contribution is -2.35. The van der Waals surface area contributed by atoms with Gasteiger partial charge < -0.3 is 9.72 Å². The third-order valence-corrected chi connectivity index (χ3v) is 4.57. The van der Waals surface area contributed by atoms with Gasteiger partial charge in [0.25, 0.3) is 5.56 Å². The van der Waals surface area contributed by atoms with Gasteiger partial charge in [-0.3, -0.25) is 9.69 Å². The summed E-state index contributed by atoms with van der Waals surface area (Å²) in [5.41, 5.74) is 3.33. The van der Waals surface area contributed by atoms with E-state index in [-0.39, 0.29) is 5.56 Å². The predicted octanol–water partition coefficient (Wildman–Crippen LogP) is 1.79. The lowest BCUT2D eigenvalue weighted by atomic mass is 10.0. The van der Waals surface area contributed by atoms with E-state index in [1.54, 1.807) is 19.5 Å². The average Bonchev–Trinajstić information content (AvgIpc) is 2.69. The van der Waals surface area contributed by atoms with Crippen molar-refractivity contribution >= 4 is 0 Å². The van der Waals surface area contributed by atoms with Crippen molar-refractivity contribution in [1.82, 2.24) is 24.8 Å². The van der Waals surface area contributed by atoms with Crippen LogP contribution in [0.15, 0.2) is 47.8 Å². The largest absolute Gasteiger partial charge is 0.496 e. The summed E-state index contributed by atoms with van der Waals surface area (Å²) < 4.78 is 5.44. The highest BCUT2D eigenvalue weighted by Crippen LogP contribution is 2.23. The number of fused-ring (bicyclic) bond motifs is 1. The van der Waals surface area contributed by atoms with Crippen LogP contribution in [-0.4, -0.2) is 38.5 Å². The smallest absolute Gasteiger partial charge is 0.254 e. The first-order valence-corrected chi connectivity index (χ1v) is 8.46. The van der Waals surface area contributed by atoms with E-state index in [1.807, 2.05) is 18.2 Å². The minimum atomic E-state index is -0.0780. The number of benzene rings is 1. The topological polar surface area (TPSA) is 84.0 Å². The summed E-state index contributed by atoms with van der Waals surface area (Å²) >= 11 is 0. The van der Waals surface area contributed by atoms with Gasteiger partial charge in [-0.05, 0) is 12.5 Å². The summed E-state index contributed by atoms with van der Waals surface area (Å²) in [6.45, 7) is 2.18. The highest BCUT2D eigenvalue weighted by atomic mass is 16.5. The Balaban J connectivity index is 1.62. The Morgan fingerprint density at radius 2 is 2.04 bits per heavy atom.